The van der Waals surface area contributed by atoms with E-state index in [2.05, 4.69) is 10.3 Å². The Morgan fingerprint density at radius 1 is 1.15 bits per heavy atom. The van der Waals surface area contributed by atoms with Gasteiger partial charge in [0.1, 0.15) is 5.82 Å². The Kier molecular flexibility index (Phi) is 5.88. The SMILES string of the molecule is Cc1ccccc1C(=O)Nc1ccc(C(=O)N2CCCC3(CC(O)C3)c3cc(Cl)ccc32)cn1. The van der Waals surface area contributed by atoms with Gasteiger partial charge in [0.2, 0.25) is 0 Å². The number of nitrogens with zero attached hydrogens (tertiary/aromatic N) is 2. The number of hydrogen-bond donors (Lipinski definition) is 2. The first-order valence-electron chi connectivity index (χ1n) is 11.5. The summed E-state index contributed by atoms with van der Waals surface area (Å²) in [6.07, 6.45) is 4.32. The minimum absolute atomic E-state index is 0.128. The van der Waals surface area contributed by atoms with E-state index in [1.165, 1.54) is 6.20 Å². The summed E-state index contributed by atoms with van der Waals surface area (Å²) in [7, 11) is 0. The summed E-state index contributed by atoms with van der Waals surface area (Å²) in [5.74, 6) is -0.00369. The van der Waals surface area contributed by atoms with E-state index < -0.39 is 0 Å². The number of nitrogens with one attached hydrogen (secondary N) is 1. The van der Waals surface area contributed by atoms with Crippen molar-refractivity contribution in [2.75, 3.05) is 16.8 Å². The topological polar surface area (TPSA) is 82.5 Å². The number of anilines is 2. The Hall–Kier alpha value is -3.22. The van der Waals surface area contributed by atoms with Crippen LogP contribution < -0.4 is 10.2 Å². The van der Waals surface area contributed by atoms with Crippen LogP contribution in [0.5, 0.6) is 0 Å². The maximum Gasteiger partial charge on any atom is 0.259 e. The normalized spacial score (nSPS) is 21.4. The zero-order chi connectivity index (χ0) is 23.9. The monoisotopic (exact) mass is 475 g/mol. The molecule has 1 aliphatic heterocycles. The van der Waals surface area contributed by atoms with Gasteiger partial charge in [-0.2, -0.15) is 0 Å². The van der Waals surface area contributed by atoms with Gasteiger partial charge >= 0.3 is 0 Å². The lowest BCUT2D eigenvalue weighted by Gasteiger charge is -2.46. The number of rotatable bonds is 3. The summed E-state index contributed by atoms with van der Waals surface area (Å²) < 4.78 is 0. The third-order valence-corrected chi connectivity index (χ3v) is 7.23. The molecule has 6 nitrogen and oxygen atoms in total. The third kappa shape index (κ3) is 4.08. The fourth-order valence-corrected chi connectivity index (χ4v) is 5.41. The van der Waals surface area contributed by atoms with Gasteiger partial charge in [0.15, 0.2) is 0 Å². The van der Waals surface area contributed by atoms with Crippen LogP contribution in [0, 0.1) is 6.92 Å². The van der Waals surface area contributed by atoms with E-state index in [4.69, 9.17) is 11.6 Å². The minimum Gasteiger partial charge on any atom is -0.393 e. The summed E-state index contributed by atoms with van der Waals surface area (Å²) in [5.41, 5.74) is 3.65. The average Bonchev–Trinajstić information content (AvgIpc) is 2.96. The zero-order valence-electron chi connectivity index (χ0n) is 18.9. The summed E-state index contributed by atoms with van der Waals surface area (Å²) >= 11 is 6.32. The molecule has 0 unspecified atom stereocenters. The summed E-state index contributed by atoms with van der Waals surface area (Å²) in [4.78, 5) is 32.2. The smallest absolute Gasteiger partial charge is 0.259 e. The fourth-order valence-electron chi connectivity index (χ4n) is 5.24. The molecule has 7 heteroatoms. The van der Waals surface area contributed by atoms with E-state index in [-0.39, 0.29) is 23.3 Å². The van der Waals surface area contributed by atoms with Crippen molar-refractivity contribution in [1.82, 2.24) is 4.98 Å². The molecule has 0 bridgehead atoms. The zero-order valence-corrected chi connectivity index (χ0v) is 19.7. The molecule has 2 heterocycles. The molecule has 2 amide bonds. The lowest BCUT2D eigenvalue weighted by molar-refractivity contribution is 0.0138. The molecule has 0 saturated heterocycles. The second kappa shape index (κ2) is 8.85. The summed E-state index contributed by atoms with van der Waals surface area (Å²) in [5, 5.41) is 13.5. The predicted octanol–water partition coefficient (Wildman–Crippen LogP) is 5.13. The van der Waals surface area contributed by atoms with Crippen molar-refractivity contribution in [1.29, 1.82) is 0 Å². The highest BCUT2D eigenvalue weighted by Gasteiger charge is 2.47. The van der Waals surface area contributed by atoms with Gasteiger partial charge in [-0.05, 0) is 80.1 Å². The highest BCUT2D eigenvalue weighted by atomic mass is 35.5. The molecule has 174 valence electrons. The number of hydrogen-bond acceptors (Lipinski definition) is 4. The number of aliphatic hydroxyl groups is 1. The molecule has 1 saturated carbocycles. The van der Waals surface area contributed by atoms with Gasteiger partial charge in [-0.15, -0.1) is 0 Å². The van der Waals surface area contributed by atoms with E-state index in [9.17, 15) is 14.7 Å². The Morgan fingerprint density at radius 3 is 2.65 bits per heavy atom. The molecule has 1 aliphatic carbocycles. The maximum atomic E-state index is 13.5. The van der Waals surface area contributed by atoms with Crippen LogP contribution in [0.1, 0.15) is 57.5 Å². The Balaban J connectivity index is 1.38. The van der Waals surface area contributed by atoms with E-state index in [1.54, 1.807) is 29.2 Å². The van der Waals surface area contributed by atoms with Gasteiger partial charge in [0.25, 0.3) is 11.8 Å². The second-order valence-corrected chi connectivity index (χ2v) is 9.70. The van der Waals surface area contributed by atoms with E-state index in [0.29, 0.717) is 41.4 Å². The molecule has 1 aromatic heterocycles. The molecule has 2 N–H and O–H groups in total. The number of aliphatic hydroxyl groups excluding tert-OH is 1. The fraction of sp³-hybridized carbons (Fsp3) is 0.296. The molecule has 2 aromatic carbocycles. The Bertz CT molecular complexity index is 1250. The van der Waals surface area contributed by atoms with Crippen molar-refractivity contribution in [2.45, 2.75) is 44.1 Å². The lowest BCUT2D eigenvalue weighted by atomic mass is 9.60. The van der Waals surface area contributed by atoms with E-state index in [1.807, 2.05) is 37.3 Å². The van der Waals surface area contributed by atoms with Gasteiger partial charge in [0.05, 0.1) is 11.7 Å². The van der Waals surface area contributed by atoms with Crippen molar-refractivity contribution in [3.05, 3.63) is 88.1 Å². The standard InChI is InChI=1S/C27H26ClN3O3/c1-17-5-2-3-6-21(17)25(33)30-24-10-7-18(16-29-24)26(34)31-12-4-11-27(14-20(32)15-27)22-13-19(28)8-9-23(22)31/h2-3,5-10,13,16,20,32H,4,11-12,14-15H2,1H3,(H,29,30,33). The highest BCUT2D eigenvalue weighted by molar-refractivity contribution is 6.30. The lowest BCUT2D eigenvalue weighted by Crippen LogP contribution is -2.44. The first-order valence-corrected chi connectivity index (χ1v) is 11.9. The van der Waals surface area contributed by atoms with Gasteiger partial charge in [-0.25, -0.2) is 4.98 Å². The molecule has 2 aliphatic rings. The molecule has 1 fully saturated rings. The van der Waals surface area contributed by atoms with Crippen molar-refractivity contribution in [2.24, 2.45) is 0 Å². The molecule has 3 aromatic rings. The molecular formula is C27H26ClN3O3. The van der Waals surface area contributed by atoms with Crippen molar-refractivity contribution in [3.8, 4) is 0 Å². The number of fused-ring (bicyclic) bond motifs is 2. The van der Waals surface area contributed by atoms with Crippen molar-refractivity contribution in [3.63, 3.8) is 0 Å². The molecule has 5 rings (SSSR count). The minimum atomic E-state index is -0.305. The number of aryl methyl sites for hydroxylation is 1. The van der Waals surface area contributed by atoms with Crippen LogP contribution in [0.3, 0.4) is 0 Å². The molecule has 0 radical (unpaired) electrons. The van der Waals surface area contributed by atoms with Crippen LogP contribution in [0.15, 0.2) is 60.8 Å². The summed E-state index contributed by atoms with van der Waals surface area (Å²) in [6, 6.07) is 16.3. The van der Waals surface area contributed by atoms with Gasteiger partial charge < -0.3 is 15.3 Å². The van der Waals surface area contributed by atoms with Gasteiger partial charge in [0, 0.05) is 34.4 Å². The van der Waals surface area contributed by atoms with E-state index in [0.717, 1.165) is 29.7 Å². The number of carbonyl (C=O) groups is 2. The van der Waals surface area contributed by atoms with Crippen LogP contribution in [-0.2, 0) is 5.41 Å². The van der Waals surface area contributed by atoms with Crippen LogP contribution in [0.4, 0.5) is 11.5 Å². The molecule has 1 spiro atoms. The number of pyridine rings is 1. The number of benzene rings is 2. The maximum absolute atomic E-state index is 13.5. The first kappa shape index (κ1) is 22.6. The predicted molar refractivity (Wildman–Crippen MR) is 133 cm³/mol. The number of amides is 2. The number of aromatic nitrogens is 1. The second-order valence-electron chi connectivity index (χ2n) is 9.27. The summed E-state index contributed by atoms with van der Waals surface area (Å²) in [6.45, 7) is 2.46. The number of halogens is 1. The Labute approximate surface area is 203 Å². The highest BCUT2D eigenvalue weighted by Crippen LogP contribution is 2.52. The van der Waals surface area contributed by atoms with Gasteiger partial charge in [-0.3, -0.25) is 9.59 Å². The quantitative estimate of drug-likeness (QED) is 0.550. The van der Waals surface area contributed by atoms with Crippen LogP contribution in [-0.4, -0.2) is 34.6 Å². The van der Waals surface area contributed by atoms with Crippen molar-refractivity contribution >= 4 is 34.9 Å². The molecule has 34 heavy (non-hydrogen) atoms. The molecule has 0 atom stereocenters. The van der Waals surface area contributed by atoms with Crippen LogP contribution in [0.2, 0.25) is 5.02 Å². The molecular weight excluding hydrogens is 450 g/mol. The number of carbonyl (C=O) groups excluding carboxylic acids is 2. The van der Waals surface area contributed by atoms with Crippen LogP contribution >= 0.6 is 11.6 Å². The third-order valence-electron chi connectivity index (χ3n) is 7.00. The Morgan fingerprint density at radius 2 is 1.94 bits per heavy atom. The van der Waals surface area contributed by atoms with Gasteiger partial charge in [-0.1, -0.05) is 29.8 Å². The van der Waals surface area contributed by atoms with Crippen molar-refractivity contribution < 1.29 is 14.7 Å². The largest absolute Gasteiger partial charge is 0.393 e. The average molecular weight is 476 g/mol. The van der Waals surface area contributed by atoms with E-state index >= 15 is 0 Å². The first-order chi connectivity index (χ1) is 16.4. The van der Waals surface area contributed by atoms with Crippen LogP contribution in [0.25, 0.3) is 0 Å².